The van der Waals surface area contributed by atoms with Gasteiger partial charge in [0, 0.05) is 5.02 Å². The molecule has 0 aromatic heterocycles. The zero-order valence-electron chi connectivity index (χ0n) is 5.92. The molecule has 1 aliphatic carbocycles. The fourth-order valence-electron chi connectivity index (χ4n) is 1.41. The van der Waals surface area contributed by atoms with Crippen molar-refractivity contribution in [1.82, 2.24) is 0 Å². The summed E-state index contributed by atoms with van der Waals surface area (Å²) in [6, 6.07) is 5.60. The lowest BCUT2D eigenvalue weighted by molar-refractivity contribution is 0.217. The van der Waals surface area contributed by atoms with Gasteiger partial charge in [-0.25, -0.2) is 0 Å². The van der Waals surface area contributed by atoms with E-state index in [2.05, 4.69) is 0 Å². The van der Waals surface area contributed by atoms with Crippen LogP contribution in [0.15, 0.2) is 18.2 Å². The lowest BCUT2D eigenvalue weighted by Gasteiger charge is -2.02. The van der Waals surface area contributed by atoms with Crippen LogP contribution in [-0.4, -0.2) is 5.11 Å². The zero-order chi connectivity index (χ0) is 7.84. The molecule has 0 bridgehead atoms. The van der Waals surface area contributed by atoms with Gasteiger partial charge in [-0.2, -0.15) is 0 Å². The number of halogens is 1. The molecule has 0 spiro atoms. The third-order valence-corrected chi connectivity index (χ3v) is 2.22. The van der Waals surface area contributed by atoms with E-state index in [1.54, 1.807) is 0 Å². The van der Waals surface area contributed by atoms with Crippen LogP contribution in [0.3, 0.4) is 0 Å². The third kappa shape index (κ3) is 1.15. The summed E-state index contributed by atoms with van der Waals surface area (Å²) >= 11 is 5.78. The molecule has 0 aliphatic heterocycles. The molecule has 1 unspecified atom stereocenters. The Balaban J connectivity index is 2.50. The smallest absolute Gasteiger partial charge is 0.0827 e. The first-order valence-corrected chi connectivity index (χ1v) is 3.95. The molecule has 1 aromatic carbocycles. The summed E-state index contributed by atoms with van der Waals surface area (Å²) in [5.41, 5.74) is 2.14. The van der Waals surface area contributed by atoms with E-state index < -0.39 is 0 Å². The van der Waals surface area contributed by atoms with E-state index in [-0.39, 0.29) is 6.10 Å². The Hall–Kier alpha value is -0.530. The molecular weight excluding hydrogens is 160 g/mol. The third-order valence-electron chi connectivity index (χ3n) is 1.98. The highest BCUT2D eigenvalue weighted by molar-refractivity contribution is 6.30. The van der Waals surface area contributed by atoms with Crippen molar-refractivity contribution in [2.75, 3.05) is 0 Å². The van der Waals surface area contributed by atoms with E-state index in [1.807, 2.05) is 24.6 Å². The number of fused-ring (bicyclic) bond motifs is 1. The van der Waals surface area contributed by atoms with Gasteiger partial charge in [0.15, 0.2) is 0 Å². The summed E-state index contributed by atoms with van der Waals surface area (Å²) < 4.78 is 0. The van der Waals surface area contributed by atoms with Crippen molar-refractivity contribution in [3.8, 4) is 0 Å². The first kappa shape index (κ1) is 7.14. The van der Waals surface area contributed by atoms with Crippen molar-refractivity contribution in [3.05, 3.63) is 40.8 Å². The summed E-state index contributed by atoms with van der Waals surface area (Å²) in [5, 5.41) is 10.1. The van der Waals surface area contributed by atoms with Crippen LogP contribution in [0.2, 0.25) is 5.02 Å². The standard InChI is InChI=1S/C9H8ClO/c10-7-2-3-8-6(5-7)1-4-9(8)11/h2-5,9,11H,1H2. The van der Waals surface area contributed by atoms with Crippen LogP contribution in [0, 0.1) is 6.42 Å². The highest BCUT2D eigenvalue weighted by atomic mass is 35.5. The van der Waals surface area contributed by atoms with E-state index in [0.29, 0.717) is 0 Å². The second kappa shape index (κ2) is 2.50. The average Bonchev–Trinajstić information content (AvgIpc) is 2.32. The Kier molecular flexibility index (Phi) is 1.63. The van der Waals surface area contributed by atoms with Gasteiger partial charge in [-0.3, -0.25) is 0 Å². The fraction of sp³-hybridized carbons (Fsp3) is 0.222. The molecule has 0 amide bonds. The fourth-order valence-corrected chi connectivity index (χ4v) is 1.60. The zero-order valence-corrected chi connectivity index (χ0v) is 6.67. The van der Waals surface area contributed by atoms with Crippen LogP contribution in [0.5, 0.6) is 0 Å². The molecule has 0 saturated carbocycles. The summed E-state index contributed by atoms with van der Waals surface area (Å²) in [6.07, 6.45) is 2.32. The van der Waals surface area contributed by atoms with Gasteiger partial charge >= 0.3 is 0 Å². The maximum Gasteiger partial charge on any atom is 0.0827 e. The molecule has 1 atom stereocenters. The minimum atomic E-state index is -0.387. The number of hydrogen-bond acceptors (Lipinski definition) is 1. The van der Waals surface area contributed by atoms with Crippen LogP contribution in [0.4, 0.5) is 0 Å². The molecule has 0 heterocycles. The van der Waals surface area contributed by atoms with Crippen LogP contribution in [-0.2, 0) is 6.42 Å². The molecule has 1 aromatic rings. The number of aliphatic hydroxyl groups is 1. The van der Waals surface area contributed by atoms with Gasteiger partial charge in [0.2, 0.25) is 0 Å². The molecule has 2 heteroatoms. The lowest BCUT2D eigenvalue weighted by Crippen LogP contribution is -1.89. The normalized spacial score (nSPS) is 21.8. The van der Waals surface area contributed by atoms with Gasteiger partial charge < -0.3 is 5.11 Å². The largest absolute Gasteiger partial charge is 0.388 e. The van der Waals surface area contributed by atoms with Crippen LogP contribution >= 0.6 is 11.6 Å². The highest BCUT2D eigenvalue weighted by Crippen LogP contribution is 2.31. The summed E-state index contributed by atoms with van der Waals surface area (Å²) in [6.45, 7) is 0. The number of hydrogen-bond donors (Lipinski definition) is 1. The number of aliphatic hydroxyl groups excluding tert-OH is 1. The minimum Gasteiger partial charge on any atom is -0.388 e. The molecule has 1 radical (unpaired) electrons. The second-order valence-electron chi connectivity index (χ2n) is 2.73. The Morgan fingerprint density at radius 2 is 2.27 bits per heavy atom. The maximum absolute atomic E-state index is 9.37. The Labute approximate surface area is 70.6 Å². The molecule has 11 heavy (non-hydrogen) atoms. The first-order valence-electron chi connectivity index (χ1n) is 3.57. The predicted octanol–water partition coefficient (Wildman–Crippen LogP) is 2.13. The van der Waals surface area contributed by atoms with Crippen LogP contribution in [0.1, 0.15) is 17.2 Å². The minimum absolute atomic E-state index is 0.387. The van der Waals surface area contributed by atoms with Gasteiger partial charge in [0.1, 0.15) is 0 Å². The van der Waals surface area contributed by atoms with Crippen LogP contribution in [0.25, 0.3) is 0 Å². The van der Waals surface area contributed by atoms with Crippen molar-refractivity contribution < 1.29 is 5.11 Å². The van der Waals surface area contributed by atoms with Crippen LogP contribution < -0.4 is 0 Å². The van der Waals surface area contributed by atoms with E-state index in [0.717, 1.165) is 22.6 Å². The molecule has 0 fully saturated rings. The predicted molar refractivity (Wildman–Crippen MR) is 44.4 cm³/mol. The van der Waals surface area contributed by atoms with Crippen molar-refractivity contribution in [3.63, 3.8) is 0 Å². The maximum atomic E-state index is 9.37. The molecule has 0 saturated heterocycles. The highest BCUT2D eigenvalue weighted by Gasteiger charge is 2.19. The van der Waals surface area contributed by atoms with Gasteiger partial charge in [0.05, 0.1) is 6.10 Å². The second-order valence-corrected chi connectivity index (χ2v) is 3.16. The molecule has 1 nitrogen and oxygen atoms in total. The first-order chi connectivity index (χ1) is 5.27. The van der Waals surface area contributed by atoms with Crippen molar-refractivity contribution >= 4 is 11.6 Å². The lowest BCUT2D eigenvalue weighted by atomic mass is 10.1. The molecular formula is C9H8ClO. The summed E-state index contributed by atoms with van der Waals surface area (Å²) in [5.74, 6) is 0. The quantitative estimate of drug-likeness (QED) is 0.628. The van der Waals surface area contributed by atoms with Gasteiger partial charge in [-0.05, 0) is 36.1 Å². The van der Waals surface area contributed by atoms with E-state index in [4.69, 9.17) is 11.6 Å². The SMILES string of the molecule is OC1[CH]Cc2cc(Cl)ccc21. The Morgan fingerprint density at radius 1 is 1.45 bits per heavy atom. The van der Waals surface area contributed by atoms with Gasteiger partial charge in [0.25, 0.3) is 0 Å². The number of rotatable bonds is 0. The average molecular weight is 168 g/mol. The monoisotopic (exact) mass is 167 g/mol. The topological polar surface area (TPSA) is 20.2 Å². The molecule has 57 valence electrons. The summed E-state index contributed by atoms with van der Waals surface area (Å²) in [4.78, 5) is 0. The van der Waals surface area contributed by atoms with Gasteiger partial charge in [-0.15, -0.1) is 0 Å². The van der Waals surface area contributed by atoms with Crippen molar-refractivity contribution in [1.29, 1.82) is 0 Å². The summed E-state index contributed by atoms with van der Waals surface area (Å²) in [7, 11) is 0. The molecule has 2 rings (SSSR count). The van der Waals surface area contributed by atoms with Crippen molar-refractivity contribution in [2.24, 2.45) is 0 Å². The number of benzene rings is 1. The Morgan fingerprint density at radius 3 is 3.09 bits per heavy atom. The molecule has 1 N–H and O–H groups in total. The van der Waals surface area contributed by atoms with E-state index >= 15 is 0 Å². The van der Waals surface area contributed by atoms with Gasteiger partial charge in [-0.1, -0.05) is 17.7 Å². The Bertz CT molecular complexity index is 283. The molecule has 1 aliphatic rings. The van der Waals surface area contributed by atoms with Crippen molar-refractivity contribution in [2.45, 2.75) is 12.5 Å². The van der Waals surface area contributed by atoms with E-state index in [1.165, 1.54) is 0 Å². The van der Waals surface area contributed by atoms with E-state index in [9.17, 15) is 5.11 Å².